The van der Waals surface area contributed by atoms with Crippen molar-refractivity contribution in [1.82, 2.24) is 5.32 Å². The fourth-order valence-electron chi connectivity index (χ4n) is 0.963. The van der Waals surface area contributed by atoms with E-state index in [1.54, 1.807) is 24.3 Å². The van der Waals surface area contributed by atoms with E-state index < -0.39 is 0 Å². The van der Waals surface area contributed by atoms with Crippen LogP contribution in [0.1, 0.15) is 13.8 Å². The van der Waals surface area contributed by atoms with Crippen molar-refractivity contribution in [3.05, 3.63) is 29.3 Å². The van der Waals surface area contributed by atoms with Gasteiger partial charge in [-0.05, 0) is 38.1 Å². The maximum Gasteiger partial charge on any atom is 0.319 e. The molecular formula is C10H15ClN2OS. The average Bonchev–Trinajstić information content (AvgIpc) is 2.07. The van der Waals surface area contributed by atoms with E-state index in [9.17, 15) is 4.79 Å². The molecule has 1 rings (SSSR count). The molecule has 0 aromatic heterocycles. The van der Waals surface area contributed by atoms with Crippen LogP contribution in [0.4, 0.5) is 10.5 Å². The Labute approximate surface area is 102 Å². The van der Waals surface area contributed by atoms with Gasteiger partial charge in [-0.1, -0.05) is 11.6 Å². The van der Waals surface area contributed by atoms with Gasteiger partial charge in [0.05, 0.1) is 0 Å². The summed E-state index contributed by atoms with van der Waals surface area (Å²) < 4.78 is 0. The third-order valence-electron chi connectivity index (χ3n) is 1.52. The number of hydrogen-bond donors (Lipinski definition) is 2. The number of halogens is 1. The maximum atomic E-state index is 11.3. The second kappa shape index (κ2) is 6.58. The SMILES string of the molecule is CC(C)NC(=O)Nc1ccc(Cl)cc1.S. The van der Waals surface area contributed by atoms with E-state index in [2.05, 4.69) is 10.6 Å². The highest BCUT2D eigenvalue weighted by Gasteiger charge is 2.02. The number of anilines is 1. The van der Waals surface area contributed by atoms with Crippen molar-refractivity contribution in [1.29, 1.82) is 0 Å². The summed E-state index contributed by atoms with van der Waals surface area (Å²) in [4.78, 5) is 11.3. The molecule has 0 aliphatic rings. The highest BCUT2D eigenvalue weighted by atomic mass is 35.5. The standard InChI is InChI=1S/C10H13ClN2O.H2S/c1-7(2)12-10(14)13-9-5-3-8(11)4-6-9;/h3-7H,1-2H3,(H2,12,13,14);1H2. The van der Waals surface area contributed by atoms with Gasteiger partial charge in [0.2, 0.25) is 0 Å². The molecule has 0 fully saturated rings. The lowest BCUT2D eigenvalue weighted by molar-refractivity contribution is 0.250. The van der Waals surface area contributed by atoms with Crippen molar-refractivity contribution in [3.8, 4) is 0 Å². The van der Waals surface area contributed by atoms with Crippen molar-refractivity contribution in [2.75, 3.05) is 5.32 Å². The lowest BCUT2D eigenvalue weighted by atomic mass is 10.3. The zero-order chi connectivity index (χ0) is 10.6. The topological polar surface area (TPSA) is 41.1 Å². The van der Waals surface area contributed by atoms with Gasteiger partial charge in [0, 0.05) is 16.8 Å². The van der Waals surface area contributed by atoms with Crippen molar-refractivity contribution in [2.24, 2.45) is 0 Å². The molecule has 0 saturated heterocycles. The molecule has 2 N–H and O–H groups in total. The summed E-state index contributed by atoms with van der Waals surface area (Å²) in [5, 5.41) is 6.07. The molecule has 0 aliphatic carbocycles. The summed E-state index contributed by atoms with van der Waals surface area (Å²) in [6.45, 7) is 3.81. The van der Waals surface area contributed by atoms with Crippen LogP contribution in [-0.2, 0) is 0 Å². The molecule has 1 aromatic carbocycles. The number of carbonyl (C=O) groups excluding carboxylic acids is 1. The Morgan fingerprint density at radius 1 is 1.27 bits per heavy atom. The molecule has 0 spiro atoms. The normalized spacial score (nSPS) is 9.33. The van der Waals surface area contributed by atoms with Crippen LogP contribution in [0, 0.1) is 0 Å². The van der Waals surface area contributed by atoms with Gasteiger partial charge in [-0.3, -0.25) is 0 Å². The predicted molar refractivity (Wildman–Crippen MR) is 69.1 cm³/mol. The lowest BCUT2D eigenvalue weighted by Crippen LogP contribution is -2.34. The maximum absolute atomic E-state index is 11.3. The minimum absolute atomic E-state index is 0. The summed E-state index contributed by atoms with van der Waals surface area (Å²) in [6.07, 6.45) is 0. The highest BCUT2D eigenvalue weighted by molar-refractivity contribution is 7.59. The molecule has 0 heterocycles. The van der Waals surface area contributed by atoms with Gasteiger partial charge >= 0.3 is 6.03 Å². The Balaban J connectivity index is 0.00000196. The van der Waals surface area contributed by atoms with Gasteiger partial charge in [-0.2, -0.15) is 13.5 Å². The summed E-state index contributed by atoms with van der Waals surface area (Å²) >= 11 is 5.70. The van der Waals surface area contributed by atoms with Crippen molar-refractivity contribution in [3.63, 3.8) is 0 Å². The number of nitrogens with one attached hydrogen (secondary N) is 2. The fourth-order valence-corrected chi connectivity index (χ4v) is 1.09. The molecule has 1 aromatic rings. The van der Waals surface area contributed by atoms with E-state index in [-0.39, 0.29) is 25.6 Å². The molecule has 5 heteroatoms. The Kier molecular flexibility index (Phi) is 6.20. The summed E-state index contributed by atoms with van der Waals surface area (Å²) in [6, 6.07) is 6.88. The third-order valence-corrected chi connectivity index (χ3v) is 1.77. The van der Waals surface area contributed by atoms with E-state index in [0.29, 0.717) is 5.02 Å². The van der Waals surface area contributed by atoms with Crippen molar-refractivity contribution < 1.29 is 4.79 Å². The van der Waals surface area contributed by atoms with Crippen molar-refractivity contribution in [2.45, 2.75) is 19.9 Å². The van der Waals surface area contributed by atoms with Crippen LogP contribution in [0.5, 0.6) is 0 Å². The molecule has 0 saturated carbocycles. The molecule has 0 radical (unpaired) electrons. The zero-order valence-corrected chi connectivity index (χ0v) is 10.4. The minimum Gasteiger partial charge on any atom is -0.336 e. The van der Waals surface area contributed by atoms with Crippen LogP contribution in [0.25, 0.3) is 0 Å². The summed E-state index contributed by atoms with van der Waals surface area (Å²) in [7, 11) is 0. The van der Waals surface area contributed by atoms with Gasteiger partial charge in [-0.15, -0.1) is 0 Å². The first-order valence-corrected chi connectivity index (χ1v) is 4.79. The molecular weight excluding hydrogens is 232 g/mol. The lowest BCUT2D eigenvalue weighted by Gasteiger charge is -2.09. The largest absolute Gasteiger partial charge is 0.336 e. The summed E-state index contributed by atoms with van der Waals surface area (Å²) in [5.41, 5.74) is 0.729. The Hall–Kier alpha value is -0.870. The quantitative estimate of drug-likeness (QED) is 0.828. The number of rotatable bonds is 2. The van der Waals surface area contributed by atoms with Gasteiger partial charge in [0.1, 0.15) is 0 Å². The first-order chi connectivity index (χ1) is 6.58. The monoisotopic (exact) mass is 246 g/mol. The van der Waals surface area contributed by atoms with Crippen LogP contribution in [0.15, 0.2) is 24.3 Å². The van der Waals surface area contributed by atoms with E-state index >= 15 is 0 Å². The van der Waals surface area contributed by atoms with Crippen molar-refractivity contribution >= 4 is 36.8 Å². The first kappa shape index (κ1) is 14.1. The van der Waals surface area contributed by atoms with Gasteiger partial charge in [-0.25, -0.2) is 4.79 Å². The third kappa shape index (κ3) is 5.54. The molecule has 2 amide bonds. The van der Waals surface area contributed by atoms with E-state index in [0.717, 1.165) is 5.69 Å². The average molecular weight is 247 g/mol. The Bertz CT molecular complexity index is 314. The molecule has 0 unspecified atom stereocenters. The minimum atomic E-state index is -0.206. The zero-order valence-electron chi connectivity index (χ0n) is 8.67. The number of carbonyl (C=O) groups is 1. The Morgan fingerprint density at radius 3 is 2.27 bits per heavy atom. The second-order valence-electron chi connectivity index (χ2n) is 3.26. The predicted octanol–water partition coefficient (Wildman–Crippen LogP) is 2.98. The molecule has 0 bridgehead atoms. The number of hydrogen-bond acceptors (Lipinski definition) is 1. The molecule has 84 valence electrons. The van der Waals surface area contributed by atoms with Crippen LogP contribution in [-0.4, -0.2) is 12.1 Å². The molecule has 0 atom stereocenters. The van der Waals surface area contributed by atoms with Gasteiger partial charge in [0.25, 0.3) is 0 Å². The van der Waals surface area contributed by atoms with Crippen LogP contribution >= 0.6 is 25.1 Å². The molecule has 3 nitrogen and oxygen atoms in total. The second-order valence-corrected chi connectivity index (χ2v) is 3.70. The Morgan fingerprint density at radius 2 is 1.80 bits per heavy atom. The number of benzene rings is 1. The fraction of sp³-hybridized carbons (Fsp3) is 0.300. The van der Waals surface area contributed by atoms with Crippen LogP contribution in [0.3, 0.4) is 0 Å². The van der Waals surface area contributed by atoms with E-state index in [1.807, 2.05) is 13.8 Å². The van der Waals surface area contributed by atoms with E-state index in [1.165, 1.54) is 0 Å². The smallest absolute Gasteiger partial charge is 0.319 e. The number of urea groups is 1. The van der Waals surface area contributed by atoms with E-state index in [4.69, 9.17) is 11.6 Å². The van der Waals surface area contributed by atoms with Gasteiger partial charge in [0.15, 0.2) is 0 Å². The van der Waals surface area contributed by atoms with Crippen LogP contribution < -0.4 is 10.6 Å². The number of amides is 2. The highest BCUT2D eigenvalue weighted by Crippen LogP contribution is 2.12. The first-order valence-electron chi connectivity index (χ1n) is 4.41. The van der Waals surface area contributed by atoms with Crippen LogP contribution in [0.2, 0.25) is 5.02 Å². The summed E-state index contributed by atoms with van der Waals surface area (Å²) in [5.74, 6) is 0. The molecule has 15 heavy (non-hydrogen) atoms. The van der Waals surface area contributed by atoms with Gasteiger partial charge < -0.3 is 10.6 Å². The molecule has 0 aliphatic heterocycles.